The summed E-state index contributed by atoms with van der Waals surface area (Å²) in [5, 5.41) is 2.71. The summed E-state index contributed by atoms with van der Waals surface area (Å²) < 4.78 is 0.975. The second-order valence-electron chi connectivity index (χ2n) is 3.46. The lowest BCUT2D eigenvalue weighted by Gasteiger charge is -2.10. The molecule has 16 heavy (non-hydrogen) atoms. The molecule has 2 rings (SSSR count). The van der Waals surface area contributed by atoms with Gasteiger partial charge in [0.25, 0.3) is 0 Å². The van der Waals surface area contributed by atoms with Crippen LogP contribution in [-0.4, -0.2) is 4.98 Å². The minimum absolute atomic E-state index is 0.0927. The van der Waals surface area contributed by atoms with Crippen LogP contribution in [0.4, 0.5) is 0 Å². The number of halogens is 2. The van der Waals surface area contributed by atoms with Gasteiger partial charge in [-0.05, 0) is 24.1 Å². The SMILES string of the molecule is NC(Cc1ccc(Br)cc1Cl)c1cscn1. The first-order chi connectivity index (χ1) is 7.66. The monoisotopic (exact) mass is 316 g/mol. The van der Waals surface area contributed by atoms with Gasteiger partial charge in [0.1, 0.15) is 0 Å². The number of nitrogens with zero attached hydrogens (tertiary/aromatic N) is 1. The van der Waals surface area contributed by atoms with E-state index in [1.54, 1.807) is 16.8 Å². The predicted molar refractivity (Wildman–Crippen MR) is 71.9 cm³/mol. The summed E-state index contributed by atoms with van der Waals surface area (Å²) in [7, 11) is 0. The Morgan fingerprint density at radius 3 is 2.94 bits per heavy atom. The summed E-state index contributed by atoms with van der Waals surface area (Å²) in [6.07, 6.45) is 0.704. The van der Waals surface area contributed by atoms with Crippen molar-refractivity contribution in [3.8, 4) is 0 Å². The molecule has 2 aromatic rings. The van der Waals surface area contributed by atoms with Gasteiger partial charge in [-0.1, -0.05) is 33.6 Å². The van der Waals surface area contributed by atoms with E-state index in [9.17, 15) is 0 Å². The normalized spacial score (nSPS) is 12.7. The Bertz CT molecular complexity index is 473. The molecule has 2 N–H and O–H groups in total. The van der Waals surface area contributed by atoms with Crippen LogP contribution in [0.3, 0.4) is 0 Å². The predicted octanol–water partition coefficient (Wildman–Crippen LogP) is 3.80. The Hall–Kier alpha value is -0.420. The van der Waals surface area contributed by atoms with E-state index in [0.29, 0.717) is 6.42 Å². The molecule has 0 spiro atoms. The number of rotatable bonds is 3. The maximum absolute atomic E-state index is 6.13. The maximum atomic E-state index is 6.13. The molecule has 0 saturated carbocycles. The largest absolute Gasteiger partial charge is 0.322 e. The van der Waals surface area contributed by atoms with Crippen molar-refractivity contribution in [2.75, 3.05) is 0 Å². The lowest BCUT2D eigenvalue weighted by atomic mass is 10.0. The molecule has 1 atom stereocenters. The lowest BCUT2D eigenvalue weighted by Crippen LogP contribution is -2.13. The van der Waals surface area contributed by atoms with Gasteiger partial charge in [-0.2, -0.15) is 0 Å². The molecule has 0 aliphatic rings. The standard InChI is InChI=1S/C11H10BrClN2S/c12-8-2-1-7(9(13)4-8)3-10(14)11-5-16-6-15-11/h1-2,4-6,10H,3,14H2. The number of benzene rings is 1. The molecular weight excluding hydrogens is 308 g/mol. The van der Waals surface area contributed by atoms with E-state index in [1.165, 1.54) is 0 Å². The fraction of sp³-hybridized carbons (Fsp3) is 0.182. The van der Waals surface area contributed by atoms with Gasteiger partial charge in [0.05, 0.1) is 17.2 Å². The van der Waals surface area contributed by atoms with Gasteiger partial charge in [-0.3, -0.25) is 0 Å². The molecule has 2 nitrogen and oxygen atoms in total. The summed E-state index contributed by atoms with van der Waals surface area (Å²) in [5.74, 6) is 0. The van der Waals surface area contributed by atoms with Crippen LogP contribution in [0.1, 0.15) is 17.3 Å². The quantitative estimate of drug-likeness (QED) is 0.935. The van der Waals surface area contributed by atoms with E-state index in [2.05, 4.69) is 20.9 Å². The summed E-state index contributed by atoms with van der Waals surface area (Å²) in [4.78, 5) is 4.20. The first-order valence-electron chi connectivity index (χ1n) is 4.74. The van der Waals surface area contributed by atoms with Gasteiger partial charge in [0.2, 0.25) is 0 Å². The van der Waals surface area contributed by atoms with Crippen LogP contribution in [0.15, 0.2) is 33.6 Å². The number of hydrogen-bond acceptors (Lipinski definition) is 3. The second-order valence-corrected chi connectivity index (χ2v) is 5.50. The molecule has 0 aliphatic carbocycles. The second kappa shape index (κ2) is 5.27. The van der Waals surface area contributed by atoms with Crippen LogP contribution in [0, 0.1) is 0 Å². The third-order valence-electron chi connectivity index (χ3n) is 2.29. The average molecular weight is 318 g/mol. The van der Waals surface area contributed by atoms with Crippen molar-refractivity contribution in [1.29, 1.82) is 0 Å². The van der Waals surface area contributed by atoms with E-state index < -0.39 is 0 Å². The van der Waals surface area contributed by atoms with E-state index in [4.69, 9.17) is 17.3 Å². The molecule has 0 saturated heterocycles. The summed E-state index contributed by atoms with van der Waals surface area (Å²) >= 11 is 11.1. The van der Waals surface area contributed by atoms with E-state index in [1.807, 2.05) is 23.6 Å². The molecule has 5 heteroatoms. The van der Waals surface area contributed by atoms with Crippen molar-refractivity contribution >= 4 is 38.9 Å². The van der Waals surface area contributed by atoms with Gasteiger partial charge in [-0.25, -0.2) is 4.98 Å². The maximum Gasteiger partial charge on any atom is 0.0795 e. The number of aromatic nitrogens is 1. The van der Waals surface area contributed by atoms with Crippen LogP contribution >= 0.6 is 38.9 Å². The van der Waals surface area contributed by atoms with Crippen molar-refractivity contribution in [3.05, 3.63) is 49.8 Å². The van der Waals surface area contributed by atoms with Gasteiger partial charge in [0, 0.05) is 14.9 Å². The zero-order chi connectivity index (χ0) is 11.5. The van der Waals surface area contributed by atoms with Gasteiger partial charge in [0.15, 0.2) is 0 Å². The number of hydrogen-bond donors (Lipinski definition) is 1. The molecule has 0 amide bonds. The van der Waals surface area contributed by atoms with Crippen molar-refractivity contribution in [1.82, 2.24) is 4.98 Å². The van der Waals surface area contributed by atoms with Crippen LogP contribution < -0.4 is 5.73 Å². The van der Waals surface area contributed by atoms with Crippen molar-refractivity contribution in [2.45, 2.75) is 12.5 Å². The molecule has 0 aliphatic heterocycles. The zero-order valence-corrected chi connectivity index (χ0v) is 11.5. The van der Waals surface area contributed by atoms with Crippen molar-refractivity contribution in [2.24, 2.45) is 5.73 Å². The molecule has 1 unspecified atom stereocenters. The fourth-order valence-electron chi connectivity index (χ4n) is 1.43. The summed E-state index contributed by atoms with van der Waals surface area (Å²) in [5.41, 5.74) is 9.81. The Balaban J connectivity index is 2.15. The van der Waals surface area contributed by atoms with Crippen LogP contribution in [-0.2, 0) is 6.42 Å². The fourth-order valence-corrected chi connectivity index (χ4v) is 2.80. The highest BCUT2D eigenvalue weighted by atomic mass is 79.9. The first-order valence-corrected chi connectivity index (χ1v) is 6.86. The minimum Gasteiger partial charge on any atom is -0.322 e. The van der Waals surface area contributed by atoms with E-state index in [-0.39, 0.29) is 6.04 Å². The molecular formula is C11H10BrClN2S. The van der Waals surface area contributed by atoms with Crippen LogP contribution in [0.2, 0.25) is 5.02 Å². The molecule has 84 valence electrons. The molecule has 0 fully saturated rings. The third-order valence-corrected chi connectivity index (χ3v) is 3.74. The van der Waals surface area contributed by atoms with Crippen molar-refractivity contribution < 1.29 is 0 Å². The average Bonchev–Trinajstić information content (AvgIpc) is 2.75. The number of nitrogens with two attached hydrogens (primary N) is 1. The van der Waals surface area contributed by atoms with Gasteiger partial charge < -0.3 is 5.73 Å². The highest BCUT2D eigenvalue weighted by Gasteiger charge is 2.11. The third kappa shape index (κ3) is 2.83. The van der Waals surface area contributed by atoms with Gasteiger partial charge in [-0.15, -0.1) is 11.3 Å². The van der Waals surface area contributed by atoms with Crippen LogP contribution in [0.25, 0.3) is 0 Å². The topological polar surface area (TPSA) is 38.9 Å². The first kappa shape index (κ1) is 12.0. The molecule has 0 bridgehead atoms. The van der Waals surface area contributed by atoms with Gasteiger partial charge >= 0.3 is 0 Å². The highest BCUT2D eigenvalue weighted by Crippen LogP contribution is 2.25. The molecule has 0 radical (unpaired) electrons. The number of thiazole rings is 1. The van der Waals surface area contributed by atoms with Crippen molar-refractivity contribution in [3.63, 3.8) is 0 Å². The molecule has 1 heterocycles. The summed E-state index contributed by atoms with van der Waals surface area (Å²) in [6, 6.07) is 5.74. The highest BCUT2D eigenvalue weighted by molar-refractivity contribution is 9.10. The Kier molecular flexibility index (Phi) is 3.97. The smallest absolute Gasteiger partial charge is 0.0795 e. The zero-order valence-electron chi connectivity index (χ0n) is 8.36. The molecule has 1 aromatic heterocycles. The Morgan fingerprint density at radius 1 is 1.50 bits per heavy atom. The molecule has 1 aromatic carbocycles. The summed E-state index contributed by atoms with van der Waals surface area (Å²) in [6.45, 7) is 0. The Labute approximate surface area is 112 Å². The van der Waals surface area contributed by atoms with Crippen LogP contribution in [0.5, 0.6) is 0 Å². The van der Waals surface area contributed by atoms with E-state index in [0.717, 1.165) is 20.8 Å². The lowest BCUT2D eigenvalue weighted by molar-refractivity contribution is 0.702. The van der Waals surface area contributed by atoms with E-state index >= 15 is 0 Å². The minimum atomic E-state index is -0.0927. The Morgan fingerprint density at radius 2 is 2.31 bits per heavy atom.